The summed E-state index contributed by atoms with van der Waals surface area (Å²) >= 11 is 0. The summed E-state index contributed by atoms with van der Waals surface area (Å²) in [5, 5.41) is 3.58. The maximum absolute atomic E-state index is 5.87. The van der Waals surface area contributed by atoms with Crippen molar-refractivity contribution in [1.82, 2.24) is 10.2 Å². The van der Waals surface area contributed by atoms with E-state index in [1.807, 2.05) is 6.08 Å². The quantitative estimate of drug-likeness (QED) is 0.500. The molecule has 1 rings (SSSR count). The first kappa shape index (κ1) is 11.7. The Balaban J connectivity index is 2.42. The van der Waals surface area contributed by atoms with E-state index < -0.39 is 0 Å². The lowest BCUT2D eigenvalue weighted by Gasteiger charge is -2.41. The molecule has 3 nitrogen and oxygen atoms in total. The number of hydrogen-bond donors (Lipinski definition) is 2. The zero-order valence-electron chi connectivity index (χ0n) is 9.26. The van der Waals surface area contributed by atoms with Crippen LogP contribution in [-0.2, 0) is 0 Å². The maximum Gasteiger partial charge on any atom is 0.0433 e. The van der Waals surface area contributed by atoms with Crippen LogP contribution in [0.1, 0.15) is 19.3 Å². The van der Waals surface area contributed by atoms with E-state index in [4.69, 9.17) is 5.73 Å². The molecule has 0 spiro atoms. The lowest BCUT2D eigenvalue weighted by molar-refractivity contribution is 0.150. The third-order valence-corrected chi connectivity index (χ3v) is 3.01. The van der Waals surface area contributed by atoms with Crippen LogP contribution in [0, 0.1) is 0 Å². The number of hydrogen-bond acceptors (Lipinski definition) is 3. The average molecular weight is 197 g/mol. The molecule has 82 valence electrons. The maximum atomic E-state index is 5.87. The Bertz CT molecular complexity index is 181. The lowest BCUT2D eigenvalue weighted by atomic mass is 9.89. The Morgan fingerprint density at radius 3 is 3.00 bits per heavy atom. The van der Waals surface area contributed by atoms with Gasteiger partial charge < -0.3 is 16.0 Å². The van der Waals surface area contributed by atoms with E-state index >= 15 is 0 Å². The first-order valence-electron chi connectivity index (χ1n) is 5.47. The van der Waals surface area contributed by atoms with Crippen molar-refractivity contribution >= 4 is 0 Å². The molecule has 1 aliphatic rings. The topological polar surface area (TPSA) is 41.3 Å². The van der Waals surface area contributed by atoms with Gasteiger partial charge in [-0.2, -0.15) is 0 Å². The van der Waals surface area contributed by atoms with E-state index in [1.165, 1.54) is 19.4 Å². The average Bonchev–Trinajstić information content (AvgIpc) is 2.18. The van der Waals surface area contributed by atoms with E-state index in [1.54, 1.807) is 0 Å². The summed E-state index contributed by atoms with van der Waals surface area (Å²) in [4.78, 5) is 2.36. The summed E-state index contributed by atoms with van der Waals surface area (Å²) in [6.07, 6.45) is 5.41. The van der Waals surface area contributed by atoms with E-state index in [2.05, 4.69) is 23.8 Å². The van der Waals surface area contributed by atoms with Gasteiger partial charge in [0.15, 0.2) is 0 Å². The molecule has 0 aliphatic carbocycles. The summed E-state index contributed by atoms with van der Waals surface area (Å²) in [5.74, 6) is 0. The number of nitrogens with one attached hydrogen (secondary N) is 1. The fourth-order valence-electron chi connectivity index (χ4n) is 2.18. The second-order valence-corrected chi connectivity index (χ2v) is 4.33. The van der Waals surface area contributed by atoms with Crippen molar-refractivity contribution in [1.29, 1.82) is 0 Å². The van der Waals surface area contributed by atoms with E-state index in [-0.39, 0.29) is 5.54 Å². The van der Waals surface area contributed by atoms with Gasteiger partial charge in [-0.3, -0.25) is 0 Å². The summed E-state index contributed by atoms with van der Waals surface area (Å²) in [7, 11) is 2.17. The number of likely N-dealkylation sites (tertiary alicyclic amines) is 1. The van der Waals surface area contributed by atoms with Crippen LogP contribution >= 0.6 is 0 Å². The Labute approximate surface area is 87.3 Å². The summed E-state index contributed by atoms with van der Waals surface area (Å²) < 4.78 is 0. The molecule has 1 unspecified atom stereocenters. The Hall–Kier alpha value is -0.380. The molecule has 1 atom stereocenters. The Kier molecular flexibility index (Phi) is 4.58. The fraction of sp³-hybridized carbons (Fsp3) is 0.818. The number of rotatable bonds is 5. The lowest BCUT2D eigenvalue weighted by Crippen LogP contribution is -2.60. The third-order valence-electron chi connectivity index (χ3n) is 3.01. The van der Waals surface area contributed by atoms with E-state index in [0.29, 0.717) is 0 Å². The molecular formula is C11H23N3. The molecule has 3 N–H and O–H groups in total. The first-order chi connectivity index (χ1) is 6.72. The van der Waals surface area contributed by atoms with Crippen LogP contribution in [0.5, 0.6) is 0 Å². The zero-order chi connectivity index (χ0) is 10.4. The molecular weight excluding hydrogens is 174 g/mol. The molecule has 1 fully saturated rings. The third kappa shape index (κ3) is 3.08. The molecule has 0 saturated carbocycles. The molecule has 1 saturated heterocycles. The van der Waals surface area contributed by atoms with Crippen LogP contribution in [0.4, 0.5) is 0 Å². The van der Waals surface area contributed by atoms with Crippen molar-refractivity contribution in [3.05, 3.63) is 12.7 Å². The predicted molar refractivity (Wildman–Crippen MR) is 61.3 cm³/mol. The summed E-state index contributed by atoms with van der Waals surface area (Å²) in [5.41, 5.74) is 6.02. The monoisotopic (exact) mass is 197 g/mol. The van der Waals surface area contributed by atoms with Crippen molar-refractivity contribution in [2.45, 2.75) is 24.8 Å². The molecule has 0 bridgehead atoms. The van der Waals surface area contributed by atoms with Gasteiger partial charge in [0, 0.05) is 18.6 Å². The van der Waals surface area contributed by atoms with Gasteiger partial charge in [-0.15, -0.1) is 6.58 Å². The molecule has 3 heteroatoms. The van der Waals surface area contributed by atoms with E-state index in [0.717, 1.165) is 26.1 Å². The molecule has 1 aliphatic heterocycles. The van der Waals surface area contributed by atoms with Gasteiger partial charge in [-0.1, -0.05) is 6.08 Å². The SMILES string of the molecule is C=CCCNC1(CN)CCCN(C)C1. The van der Waals surface area contributed by atoms with Gasteiger partial charge in [-0.25, -0.2) is 0 Å². The van der Waals surface area contributed by atoms with Gasteiger partial charge in [0.05, 0.1) is 0 Å². The predicted octanol–water partition coefficient (Wildman–Crippen LogP) is 0.575. The minimum absolute atomic E-state index is 0.149. The van der Waals surface area contributed by atoms with Gasteiger partial charge in [-0.05, 0) is 39.4 Å². The van der Waals surface area contributed by atoms with Crippen LogP contribution in [0.2, 0.25) is 0 Å². The molecule has 0 radical (unpaired) electrons. The van der Waals surface area contributed by atoms with Crippen molar-refractivity contribution in [3.63, 3.8) is 0 Å². The van der Waals surface area contributed by atoms with Crippen molar-refractivity contribution in [2.75, 3.05) is 33.2 Å². The molecule has 14 heavy (non-hydrogen) atoms. The fourth-order valence-corrected chi connectivity index (χ4v) is 2.18. The van der Waals surface area contributed by atoms with Crippen LogP contribution in [0.3, 0.4) is 0 Å². The van der Waals surface area contributed by atoms with Gasteiger partial charge >= 0.3 is 0 Å². The van der Waals surface area contributed by atoms with Crippen LogP contribution in [0.25, 0.3) is 0 Å². The molecule has 0 aromatic heterocycles. The second kappa shape index (κ2) is 5.49. The summed E-state index contributed by atoms with van der Waals surface area (Å²) in [6, 6.07) is 0. The van der Waals surface area contributed by atoms with Crippen LogP contribution < -0.4 is 11.1 Å². The molecule has 0 aromatic carbocycles. The minimum atomic E-state index is 0.149. The van der Waals surface area contributed by atoms with Gasteiger partial charge in [0.25, 0.3) is 0 Å². The minimum Gasteiger partial charge on any atom is -0.329 e. The van der Waals surface area contributed by atoms with Gasteiger partial charge in [0.1, 0.15) is 0 Å². The highest BCUT2D eigenvalue weighted by molar-refractivity contribution is 4.95. The highest BCUT2D eigenvalue weighted by atomic mass is 15.2. The zero-order valence-corrected chi connectivity index (χ0v) is 9.26. The van der Waals surface area contributed by atoms with E-state index in [9.17, 15) is 0 Å². The molecule has 1 heterocycles. The highest BCUT2D eigenvalue weighted by Gasteiger charge is 2.31. The van der Waals surface area contributed by atoms with Crippen molar-refractivity contribution < 1.29 is 0 Å². The first-order valence-corrected chi connectivity index (χ1v) is 5.47. The van der Waals surface area contributed by atoms with Crippen molar-refractivity contribution in [3.8, 4) is 0 Å². The second-order valence-electron chi connectivity index (χ2n) is 4.33. The Morgan fingerprint density at radius 1 is 1.64 bits per heavy atom. The van der Waals surface area contributed by atoms with Crippen LogP contribution in [-0.4, -0.2) is 43.7 Å². The number of nitrogens with zero attached hydrogens (tertiary/aromatic N) is 1. The molecule has 0 aromatic rings. The smallest absolute Gasteiger partial charge is 0.0433 e. The van der Waals surface area contributed by atoms with Crippen molar-refractivity contribution in [2.24, 2.45) is 5.73 Å². The number of piperidine rings is 1. The standard InChI is InChI=1S/C11H23N3/c1-3-4-7-13-11(9-12)6-5-8-14(2)10-11/h3,13H,1,4-10,12H2,2H3. The van der Waals surface area contributed by atoms with Gasteiger partial charge in [0.2, 0.25) is 0 Å². The normalized spacial score (nSPS) is 29.0. The highest BCUT2D eigenvalue weighted by Crippen LogP contribution is 2.18. The summed E-state index contributed by atoms with van der Waals surface area (Å²) in [6.45, 7) is 7.72. The van der Waals surface area contributed by atoms with Crippen LogP contribution in [0.15, 0.2) is 12.7 Å². The number of nitrogens with two attached hydrogens (primary N) is 1. The Morgan fingerprint density at radius 2 is 2.43 bits per heavy atom. The largest absolute Gasteiger partial charge is 0.329 e. The molecule has 0 amide bonds. The number of likely N-dealkylation sites (N-methyl/N-ethyl adjacent to an activating group) is 1.